The largest absolute Gasteiger partial charge is 0.454 e. The van der Waals surface area contributed by atoms with Gasteiger partial charge in [0.15, 0.2) is 5.76 Å². The van der Waals surface area contributed by atoms with Crippen LogP contribution in [0.2, 0.25) is 5.02 Å². The smallest absolute Gasteiger partial charge is 0.243 e. The highest BCUT2D eigenvalue weighted by Crippen LogP contribution is 2.42. The van der Waals surface area contributed by atoms with E-state index in [-0.39, 0.29) is 14.8 Å². The van der Waals surface area contributed by atoms with Crippen LogP contribution >= 0.6 is 43.5 Å². The summed E-state index contributed by atoms with van der Waals surface area (Å²) in [5.41, 5.74) is 0.827. The molecule has 0 radical (unpaired) electrons. The van der Waals surface area contributed by atoms with Crippen molar-refractivity contribution in [2.24, 2.45) is 0 Å². The Morgan fingerprint density at radius 2 is 1.37 bits per heavy atom. The molecule has 0 spiro atoms. The van der Waals surface area contributed by atoms with Crippen molar-refractivity contribution in [2.75, 3.05) is 28.2 Å². The number of sulfonamides is 2. The van der Waals surface area contributed by atoms with Gasteiger partial charge in [-0.25, -0.2) is 25.4 Å². The molecule has 3 rings (SSSR count). The second-order valence-corrected chi connectivity index (χ2v) is 13.1. The molecule has 0 aliphatic carbocycles. The minimum Gasteiger partial charge on any atom is -0.454 e. The Bertz CT molecular complexity index is 1370. The van der Waals surface area contributed by atoms with Gasteiger partial charge in [-0.15, -0.1) is 0 Å². The molecule has 7 nitrogen and oxygen atoms in total. The van der Waals surface area contributed by atoms with Gasteiger partial charge in [0, 0.05) is 54.2 Å². The van der Waals surface area contributed by atoms with Crippen molar-refractivity contribution in [2.45, 2.75) is 9.79 Å². The molecule has 0 aliphatic rings. The van der Waals surface area contributed by atoms with Crippen molar-refractivity contribution < 1.29 is 21.3 Å². The highest BCUT2D eigenvalue weighted by Gasteiger charge is 2.25. The molecule has 0 bridgehead atoms. The fourth-order valence-electron chi connectivity index (χ4n) is 2.70. The molecular formula is C18H17Br2ClN2O5S2. The zero-order chi connectivity index (χ0) is 22.6. The van der Waals surface area contributed by atoms with Gasteiger partial charge in [-0.2, -0.15) is 0 Å². The van der Waals surface area contributed by atoms with Gasteiger partial charge in [-0.1, -0.05) is 11.6 Å². The molecule has 2 aromatic carbocycles. The van der Waals surface area contributed by atoms with Crippen LogP contribution in [0, 0.1) is 0 Å². The normalized spacial score (nSPS) is 13.0. The summed E-state index contributed by atoms with van der Waals surface area (Å²) in [5, 5.41) is 0.812. The molecule has 0 aliphatic heterocycles. The summed E-state index contributed by atoms with van der Waals surface area (Å²) >= 11 is 13.1. The fourth-order valence-corrected chi connectivity index (χ4v) is 6.83. The molecule has 30 heavy (non-hydrogen) atoms. The van der Waals surface area contributed by atoms with E-state index in [0.29, 0.717) is 31.2 Å². The first kappa shape index (κ1) is 23.7. The molecule has 0 saturated heterocycles. The van der Waals surface area contributed by atoms with Crippen molar-refractivity contribution in [3.63, 3.8) is 0 Å². The lowest BCUT2D eigenvalue weighted by atomic mass is 10.1. The predicted octanol–water partition coefficient (Wildman–Crippen LogP) is 4.78. The highest BCUT2D eigenvalue weighted by atomic mass is 79.9. The van der Waals surface area contributed by atoms with Crippen LogP contribution in [-0.4, -0.2) is 53.6 Å². The SMILES string of the molecule is CN(C)S(=O)(=O)c1ccc(-c2oc3cc(S(=O)(=O)N(C)C)c(Br)cc3c2Cl)cc1Br. The third-order valence-corrected chi connectivity index (χ3v) is 10.3. The van der Waals surface area contributed by atoms with Crippen LogP contribution in [0.4, 0.5) is 0 Å². The Morgan fingerprint density at radius 3 is 1.90 bits per heavy atom. The van der Waals surface area contributed by atoms with Gasteiger partial charge in [-0.3, -0.25) is 0 Å². The van der Waals surface area contributed by atoms with Gasteiger partial charge in [0.2, 0.25) is 20.0 Å². The number of halogens is 3. The average molecular weight is 601 g/mol. The Morgan fingerprint density at radius 1 is 0.833 bits per heavy atom. The second-order valence-electron chi connectivity index (χ2n) is 6.74. The first-order chi connectivity index (χ1) is 13.8. The molecule has 0 fully saturated rings. The van der Waals surface area contributed by atoms with E-state index >= 15 is 0 Å². The van der Waals surface area contributed by atoms with E-state index in [1.54, 1.807) is 18.2 Å². The first-order valence-corrected chi connectivity index (χ1v) is 13.2. The van der Waals surface area contributed by atoms with Crippen LogP contribution in [0.15, 0.2) is 53.5 Å². The summed E-state index contributed by atoms with van der Waals surface area (Å²) in [4.78, 5) is 0.149. The summed E-state index contributed by atoms with van der Waals surface area (Å²) < 4.78 is 58.7. The maximum atomic E-state index is 12.5. The summed E-state index contributed by atoms with van der Waals surface area (Å²) in [7, 11) is -1.56. The van der Waals surface area contributed by atoms with Gasteiger partial charge < -0.3 is 4.42 Å². The molecule has 0 unspecified atom stereocenters. The van der Waals surface area contributed by atoms with Crippen LogP contribution < -0.4 is 0 Å². The first-order valence-electron chi connectivity index (χ1n) is 8.35. The van der Waals surface area contributed by atoms with Crippen LogP contribution in [0.3, 0.4) is 0 Å². The number of hydrogen-bond acceptors (Lipinski definition) is 5. The van der Waals surface area contributed by atoms with Crippen molar-refractivity contribution in [3.8, 4) is 11.3 Å². The maximum Gasteiger partial charge on any atom is 0.243 e. The zero-order valence-corrected chi connectivity index (χ0v) is 21.8. The number of benzene rings is 2. The van der Waals surface area contributed by atoms with Gasteiger partial charge >= 0.3 is 0 Å². The molecule has 12 heteroatoms. The molecule has 1 aromatic heterocycles. The van der Waals surface area contributed by atoms with E-state index in [2.05, 4.69) is 31.9 Å². The summed E-state index contributed by atoms with van der Waals surface area (Å²) in [6, 6.07) is 7.62. The van der Waals surface area contributed by atoms with E-state index in [1.807, 2.05) is 0 Å². The Balaban J connectivity index is 2.19. The lowest BCUT2D eigenvalue weighted by Gasteiger charge is -2.13. The van der Waals surface area contributed by atoms with E-state index in [9.17, 15) is 16.8 Å². The summed E-state index contributed by atoms with van der Waals surface area (Å²) in [6.07, 6.45) is 0. The molecule has 1 heterocycles. The number of furan rings is 1. The molecule has 0 atom stereocenters. The number of nitrogens with zero attached hydrogens (tertiary/aromatic N) is 2. The lowest BCUT2D eigenvalue weighted by molar-refractivity contribution is 0.519. The summed E-state index contributed by atoms with van der Waals surface area (Å²) in [6.45, 7) is 0. The predicted molar refractivity (Wildman–Crippen MR) is 124 cm³/mol. The molecule has 162 valence electrons. The van der Waals surface area contributed by atoms with Crippen LogP contribution in [-0.2, 0) is 20.0 Å². The van der Waals surface area contributed by atoms with E-state index < -0.39 is 20.0 Å². The molecule has 3 aromatic rings. The molecule has 0 amide bonds. The zero-order valence-electron chi connectivity index (χ0n) is 16.3. The fraction of sp³-hybridized carbons (Fsp3) is 0.222. The van der Waals surface area contributed by atoms with Crippen molar-refractivity contribution in [1.82, 2.24) is 8.61 Å². The van der Waals surface area contributed by atoms with Crippen molar-refractivity contribution in [1.29, 1.82) is 0 Å². The number of rotatable bonds is 5. The van der Waals surface area contributed by atoms with Gasteiger partial charge in [0.25, 0.3) is 0 Å². The van der Waals surface area contributed by atoms with E-state index in [0.717, 1.165) is 8.61 Å². The monoisotopic (exact) mass is 598 g/mol. The Kier molecular flexibility index (Phi) is 6.47. The number of fused-ring (bicyclic) bond motifs is 1. The maximum absolute atomic E-state index is 12.5. The standard InChI is InChI=1S/C18H17Br2ClN2O5S2/c1-22(2)29(24,25)15-6-5-10(7-12(15)19)18-17(21)11-8-13(20)16(9-14(11)28-18)30(26,27)23(3)4/h5-9H,1-4H3. The van der Waals surface area contributed by atoms with E-state index in [1.165, 1.54) is 40.3 Å². The Hall–Kier alpha value is -0.950. The topological polar surface area (TPSA) is 87.9 Å². The van der Waals surface area contributed by atoms with Gasteiger partial charge in [-0.05, 0) is 56.1 Å². The Labute approximate surface area is 197 Å². The third kappa shape index (κ3) is 3.96. The van der Waals surface area contributed by atoms with Crippen molar-refractivity contribution >= 4 is 74.5 Å². The average Bonchev–Trinajstić information content (AvgIpc) is 2.96. The molecule has 0 saturated carbocycles. The van der Waals surface area contributed by atoms with Crippen molar-refractivity contribution in [3.05, 3.63) is 44.3 Å². The van der Waals surface area contributed by atoms with Crippen LogP contribution in [0.25, 0.3) is 22.3 Å². The van der Waals surface area contributed by atoms with Crippen LogP contribution in [0.5, 0.6) is 0 Å². The van der Waals surface area contributed by atoms with Gasteiger partial charge in [0.1, 0.15) is 10.5 Å². The number of hydrogen-bond donors (Lipinski definition) is 0. The summed E-state index contributed by atoms with van der Waals surface area (Å²) in [5.74, 6) is 0.299. The quantitative estimate of drug-likeness (QED) is 0.421. The van der Waals surface area contributed by atoms with Crippen LogP contribution in [0.1, 0.15) is 0 Å². The lowest BCUT2D eigenvalue weighted by Crippen LogP contribution is -2.22. The van der Waals surface area contributed by atoms with Gasteiger partial charge in [0.05, 0.1) is 9.92 Å². The minimum absolute atomic E-state index is 0.0468. The molecule has 0 N–H and O–H groups in total. The third-order valence-electron chi connectivity index (χ3n) is 4.39. The highest BCUT2D eigenvalue weighted by molar-refractivity contribution is 9.10. The minimum atomic E-state index is -3.70. The second kappa shape index (κ2) is 8.19. The van der Waals surface area contributed by atoms with E-state index in [4.69, 9.17) is 16.0 Å². The molecular weight excluding hydrogens is 584 g/mol.